The first-order valence-electron chi connectivity index (χ1n) is 9.67. The second-order valence-electron chi connectivity index (χ2n) is 8.08. The monoisotopic (exact) mass is 383 g/mol. The minimum absolute atomic E-state index is 0.0264. The van der Waals surface area contributed by atoms with Gasteiger partial charge in [-0.15, -0.1) is 0 Å². The SMILES string of the molecule is CN(C)[C@@H]1C[C@@H](C(=O)O)N(C(=O)Cn2cc(C(=O)C3CC3)c3ccccc32)C1. The highest BCUT2D eigenvalue weighted by atomic mass is 16.4. The number of amides is 1. The molecule has 0 bridgehead atoms. The molecule has 7 heteroatoms. The maximum atomic E-state index is 13.0. The van der Waals surface area contributed by atoms with Crippen molar-refractivity contribution < 1.29 is 19.5 Å². The molecule has 1 aliphatic heterocycles. The second kappa shape index (κ2) is 7.05. The molecule has 2 aliphatic rings. The second-order valence-corrected chi connectivity index (χ2v) is 8.08. The fourth-order valence-electron chi connectivity index (χ4n) is 4.07. The summed E-state index contributed by atoms with van der Waals surface area (Å²) < 4.78 is 1.79. The van der Waals surface area contributed by atoms with E-state index in [9.17, 15) is 19.5 Å². The first-order chi connectivity index (χ1) is 13.4. The van der Waals surface area contributed by atoms with Crippen LogP contribution in [-0.4, -0.2) is 69.9 Å². The molecule has 1 saturated heterocycles. The number of fused-ring (bicyclic) bond motifs is 1. The lowest BCUT2D eigenvalue weighted by molar-refractivity contribution is -0.148. The molecule has 7 nitrogen and oxygen atoms in total. The highest BCUT2D eigenvalue weighted by Crippen LogP contribution is 2.35. The Morgan fingerprint density at radius 1 is 1.18 bits per heavy atom. The van der Waals surface area contributed by atoms with Crippen LogP contribution in [0.15, 0.2) is 30.5 Å². The smallest absolute Gasteiger partial charge is 0.326 e. The van der Waals surface area contributed by atoms with E-state index in [1.807, 2.05) is 43.3 Å². The number of likely N-dealkylation sites (tertiary alicyclic amines) is 1. The molecule has 148 valence electrons. The average molecular weight is 383 g/mol. The summed E-state index contributed by atoms with van der Waals surface area (Å²) in [5, 5.41) is 10.4. The van der Waals surface area contributed by atoms with Gasteiger partial charge in [0, 0.05) is 41.2 Å². The number of carbonyl (C=O) groups is 3. The van der Waals surface area contributed by atoms with Crippen molar-refractivity contribution in [3.05, 3.63) is 36.0 Å². The molecule has 0 radical (unpaired) electrons. The van der Waals surface area contributed by atoms with Gasteiger partial charge in [0.1, 0.15) is 12.6 Å². The third kappa shape index (κ3) is 3.30. The van der Waals surface area contributed by atoms with E-state index in [1.165, 1.54) is 4.90 Å². The van der Waals surface area contributed by atoms with Crippen LogP contribution in [0.1, 0.15) is 29.6 Å². The molecule has 1 aliphatic carbocycles. The molecule has 2 heterocycles. The van der Waals surface area contributed by atoms with Gasteiger partial charge < -0.3 is 19.5 Å². The molecule has 2 fully saturated rings. The molecule has 1 aromatic carbocycles. The lowest BCUT2D eigenvalue weighted by atomic mass is 10.1. The number of aromatic nitrogens is 1. The Balaban J connectivity index is 1.61. The highest BCUT2D eigenvalue weighted by molar-refractivity contribution is 6.10. The van der Waals surface area contributed by atoms with Crippen molar-refractivity contribution in [3.63, 3.8) is 0 Å². The highest BCUT2D eigenvalue weighted by Gasteiger charge is 2.40. The van der Waals surface area contributed by atoms with Crippen LogP contribution < -0.4 is 0 Å². The summed E-state index contributed by atoms with van der Waals surface area (Å²) in [6, 6.07) is 6.79. The molecule has 1 saturated carbocycles. The molecule has 1 aromatic heterocycles. The number of aliphatic carboxylic acids is 1. The number of likely N-dealkylation sites (N-methyl/N-ethyl adjacent to an activating group) is 1. The number of carboxylic acid groups (broad SMARTS) is 1. The fourth-order valence-corrected chi connectivity index (χ4v) is 4.07. The standard InChI is InChI=1S/C21H25N3O4/c1-22(2)14-9-18(21(27)28)24(10-14)19(25)12-23-11-16(20(26)13-7-8-13)15-5-3-4-6-17(15)23/h3-6,11,13-14,18H,7-10,12H2,1-2H3,(H,27,28)/t14-,18+/m1/s1. The number of benzene rings is 1. The quantitative estimate of drug-likeness (QED) is 0.770. The number of nitrogens with zero attached hydrogens (tertiary/aromatic N) is 3. The third-order valence-corrected chi connectivity index (χ3v) is 5.92. The van der Waals surface area contributed by atoms with Gasteiger partial charge in [-0.05, 0) is 39.4 Å². The largest absolute Gasteiger partial charge is 0.480 e. The number of hydrogen-bond donors (Lipinski definition) is 1. The fraction of sp³-hybridized carbons (Fsp3) is 0.476. The molecule has 0 spiro atoms. The minimum atomic E-state index is -0.973. The lowest BCUT2D eigenvalue weighted by Gasteiger charge is -2.22. The van der Waals surface area contributed by atoms with Gasteiger partial charge in [-0.25, -0.2) is 4.79 Å². The Morgan fingerprint density at radius 2 is 1.89 bits per heavy atom. The van der Waals surface area contributed by atoms with Gasteiger partial charge >= 0.3 is 5.97 Å². The third-order valence-electron chi connectivity index (χ3n) is 5.92. The summed E-state index contributed by atoms with van der Waals surface area (Å²) in [5.41, 5.74) is 1.49. The Labute approximate surface area is 163 Å². The first kappa shape index (κ1) is 18.7. The van der Waals surface area contributed by atoms with E-state index >= 15 is 0 Å². The van der Waals surface area contributed by atoms with Gasteiger partial charge in [-0.1, -0.05) is 18.2 Å². The summed E-state index contributed by atoms with van der Waals surface area (Å²) >= 11 is 0. The molecule has 1 N–H and O–H groups in total. The van der Waals surface area contributed by atoms with Crippen LogP contribution in [-0.2, 0) is 16.1 Å². The Morgan fingerprint density at radius 3 is 2.54 bits per heavy atom. The van der Waals surface area contributed by atoms with E-state index in [2.05, 4.69) is 0 Å². The Bertz CT molecular complexity index is 944. The van der Waals surface area contributed by atoms with Crippen molar-refractivity contribution in [2.45, 2.75) is 37.9 Å². The number of ketones is 1. The van der Waals surface area contributed by atoms with Crippen LogP contribution in [0, 0.1) is 5.92 Å². The predicted molar refractivity (Wildman–Crippen MR) is 104 cm³/mol. The van der Waals surface area contributed by atoms with Gasteiger partial charge in [0.25, 0.3) is 0 Å². The average Bonchev–Trinajstić information content (AvgIpc) is 3.30. The summed E-state index contributed by atoms with van der Waals surface area (Å²) in [6.45, 7) is 0.429. The number of rotatable bonds is 6. The Hall–Kier alpha value is -2.67. The maximum absolute atomic E-state index is 13.0. The summed E-state index contributed by atoms with van der Waals surface area (Å²) in [5.74, 6) is -0.965. The van der Waals surface area contributed by atoms with Crippen LogP contribution in [0.5, 0.6) is 0 Å². The molecule has 0 unspecified atom stereocenters. The zero-order valence-corrected chi connectivity index (χ0v) is 16.2. The van der Waals surface area contributed by atoms with E-state index in [0.29, 0.717) is 18.5 Å². The van der Waals surface area contributed by atoms with Gasteiger partial charge in [0.2, 0.25) is 5.91 Å². The first-order valence-corrected chi connectivity index (χ1v) is 9.67. The predicted octanol–water partition coefficient (Wildman–Crippen LogP) is 1.85. The van der Waals surface area contributed by atoms with Gasteiger partial charge in [-0.2, -0.15) is 0 Å². The number of carboxylic acids is 1. The Kier molecular flexibility index (Phi) is 4.71. The van der Waals surface area contributed by atoms with Crippen molar-refractivity contribution in [3.8, 4) is 0 Å². The summed E-state index contributed by atoms with van der Waals surface area (Å²) in [4.78, 5) is 40.7. The van der Waals surface area contributed by atoms with Gasteiger partial charge in [-0.3, -0.25) is 9.59 Å². The molecule has 28 heavy (non-hydrogen) atoms. The number of carbonyl (C=O) groups excluding carboxylic acids is 2. The van der Waals surface area contributed by atoms with Crippen LogP contribution in [0.25, 0.3) is 10.9 Å². The minimum Gasteiger partial charge on any atom is -0.480 e. The molecular formula is C21H25N3O4. The van der Waals surface area contributed by atoms with Crippen LogP contribution in [0.2, 0.25) is 0 Å². The van der Waals surface area contributed by atoms with Gasteiger partial charge in [0.15, 0.2) is 5.78 Å². The summed E-state index contributed by atoms with van der Waals surface area (Å²) in [7, 11) is 3.79. The van der Waals surface area contributed by atoms with E-state index in [1.54, 1.807) is 10.8 Å². The number of hydrogen-bond acceptors (Lipinski definition) is 4. The normalized spacial score (nSPS) is 22.2. The van der Waals surface area contributed by atoms with Crippen LogP contribution in [0.3, 0.4) is 0 Å². The van der Waals surface area contributed by atoms with Crippen LogP contribution >= 0.6 is 0 Å². The molecule has 2 aromatic rings. The topological polar surface area (TPSA) is 82.8 Å². The van der Waals surface area contributed by atoms with Crippen molar-refractivity contribution >= 4 is 28.6 Å². The van der Waals surface area contributed by atoms with Crippen molar-refractivity contribution in [1.82, 2.24) is 14.4 Å². The number of para-hydroxylation sites is 1. The zero-order chi connectivity index (χ0) is 20.0. The molecule has 1 amide bonds. The summed E-state index contributed by atoms with van der Waals surface area (Å²) in [6.07, 6.45) is 4.04. The molecule has 4 rings (SSSR count). The maximum Gasteiger partial charge on any atom is 0.326 e. The van der Waals surface area contributed by atoms with Crippen molar-refractivity contribution in [2.24, 2.45) is 5.92 Å². The lowest BCUT2D eigenvalue weighted by Crippen LogP contribution is -2.42. The van der Waals surface area contributed by atoms with E-state index < -0.39 is 12.0 Å². The van der Waals surface area contributed by atoms with Crippen LogP contribution in [0.4, 0.5) is 0 Å². The number of Topliss-reactive ketones (excluding diaryl/α,β-unsaturated/α-hetero) is 1. The molecular weight excluding hydrogens is 358 g/mol. The zero-order valence-electron chi connectivity index (χ0n) is 16.2. The van der Waals surface area contributed by atoms with Crippen molar-refractivity contribution in [1.29, 1.82) is 0 Å². The van der Waals surface area contributed by atoms with Gasteiger partial charge in [0.05, 0.1) is 0 Å². The van der Waals surface area contributed by atoms with E-state index in [-0.39, 0.29) is 30.2 Å². The van der Waals surface area contributed by atoms with E-state index in [0.717, 1.165) is 23.7 Å². The van der Waals surface area contributed by atoms with E-state index in [4.69, 9.17) is 0 Å². The molecule has 2 atom stereocenters. The van der Waals surface area contributed by atoms with Crippen molar-refractivity contribution in [2.75, 3.05) is 20.6 Å².